The van der Waals surface area contributed by atoms with Gasteiger partial charge in [-0.25, -0.2) is 4.98 Å². The number of aromatic nitrogens is 1. The van der Waals surface area contributed by atoms with E-state index in [1.165, 1.54) is 0 Å². The first kappa shape index (κ1) is 17.7. The molecule has 24 heavy (non-hydrogen) atoms. The zero-order valence-electron chi connectivity index (χ0n) is 13.9. The molecular weight excluding hydrogens is 349 g/mol. The molecule has 0 aliphatic carbocycles. The highest BCUT2D eigenvalue weighted by atomic mass is 35.5. The number of nitrogens with zero attached hydrogens (tertiary/aromatic N) is 3. The quantitative estimate of drug-likeness (QED) is 0.839. The van der Waals surface area contributed by atoms with Gasteiger partial charge in [-0.1, -0.05) is 23.2 Å². The maximum Gasteiger partial charge on any atom is 0.138 e. The van der Waals surface area contributed by atoms with Gasteiger partial charge in [-0.15, -0.1) is 0 Å². The Kier molecular flexibility index (Phi) is 5.47. The normalized spacial score (nSPS) is 16.7. The molecule has 0 radical (unpaired) electrons. The van der Waals surface area contributed by atoms with E-state index in [0.717, 1.165) is 37.1 Å². The lowest BCUT2D eigenvalue weighted by atomic mass is 10.0. The molecule has 0 atom stereocenters. The number of pyridine rings is 1. The lowest BCUT2D eigenvalue weighted by molar-refractivity contribution is 0.147. The fraction of sp³-hybridized carbons (Fsp3) is 0.471. The van der Waals surface area contributed by atoms with Crippen molar-refractivity contribution in [1.29, 1.82) is 0 Å². The molecule has 0 spiro atoms. The molecule has 130 valence electrons. The summed E-state index contributed by atoms with van der Waals surface area (Å²) in [7, 11) is 3.71. The van der Waals surface area contributed by atoms with Gasteiger partial charge in [-0.05, 0) is 24.7 Å². The Morgan fingerprint density at radius 3 is 2.50 bits per heavy atom. The highest BCUT2D eigenvalue weighted by molar-refractivity contribution is 6.33. The number of halogens is 2. The van der Waals surface area contributed by atoms with Crippen LogP contribution >= 0.6 is 23.2 Å². The molecule has 1 aromatic heterocycles. The van der Waals surface area contributed by atoms with E-state index in [1.807, 2.05) is 6.07 Å². The second-order valence-electron chi connectivity index (χ2n) is 6.10. The molecule has 1 aromatic carbocycles. The van der Waals surface area contributed by atoms with Crippen LogP contribution in [0.5, 0.6) is 5.75 Å². The van der Waals surface area contributed by atoms with Gasteiger partial charge >= 0.3 is 0 Å². The van der Waals surface area contributed by atoms with Gasteiger partial charge in [-0.2, -0.15) is 0 Å². The van der Waals surface area contributed by atoms with Crippen molar-refractivity contribution >= 4 is 34.1 Å². The van der Waals surface area contributed by atoms with E-state index >= 15 is 0 Å². The third kappa shape index (κ3) is 3.46. The molecule has 1 fully saturated rings. The smallest absolute Gasteiger partial charge is 0.138 e. The van der Waals surface area contributed by atoms with Crippen LogP contribution in [0.15, 0.2) is 12.1 Å². The third-order valence-electron chi connectivity index (χ3n) is 4.56. The van der Waals surface area contributed by atoms with Gasteiger partial charge in [0, 0.05) is 43.7 Å². The van der Waals surface area contributed by atoms with Crippen molar-refractivity contribution in [1.82, 2.24) is 14.8 Å². The largest absolute Gasteiger partial charge is 0.495 e. The van der Waals surface area contributed by atoms with Crippen LogP contribution in [0.2, 0.25) is 10.2 Å². The molecule has 7 heteroatoms. The number of methoxy groups -OCH3 is 1. The molecule has 3 rings (SSSR count). The van der Waals surface area contributed by atoms with Crippen LogP contribution in [0.25, 0.3) is 10.9 Å². The summed E-state index contributed by atoms with van der Waals surface area (Å²) in [5.74, 6) is 0.594. The number of piperazine rings is 1. The summed E-state index contributed by atoms with van der Waals surface area (Å²) in [6.07, 6.45) is 0. The molecule has 2 heterocycles. The standard InChI is InChI=1S/C17H21Cl2N3O2/c1-21-3-5-22(6-4-21)9-12-11-7-16(24-2)14(18)8-15(11)20-17(19)13(12)10-23/h7-8,23H,3-6,9-10H2,1-2H3. The first-order chi connectivity index (χ1) is 11.5. The monoisotopic (exact) mass is 369 g/mol. The predicted octanol–water partition coefficient (Wildman–Crippen LogP) is 2.79. The maximum atomic E-state index is 9.80. The molecule has 1 aliphatic rings. The van der Waals surface area contributed by atoms with Gasteiger partial charge in [0.2, 0.25) is 0 Å². The Hall–Kier alpha value is -1.11. The van der Waals surface area contributed by atoms with E-state index in [9.17, 15) is 5.11 Å². The summed E-state index contributed by atoms with van der Waals surface area (Å²) in [5.41, 5.74) is 2.38. The fourth-order valence-corrected chi connectivity index (χ4v) is 3.56. The zero-order valence-corrected chi connectivity index (χ0v) is 15.4. The number of likely N-dealkylation sites (N-methyl/N-ethyl adjacent to an activating group) is 1. The molecule has 0 saturated carbocycles. The van der Waals surface area contributed by atoms with Crippen molar-refractivity contribution in [2.75, 3.05) is 40.3 Å². The third-order valence-corrected chi connectivity index (χ3v) is 5.17. The summed E-state index contributed by atoms with van der Waals surface area (Å²) >= 11 is 12.5. The van der Waals surface area contributed by atoms with Crippen molar-refractivity contribution in [3.05, 3.63) is 33.4 Å². The van der Waals surface area contributed by atoms with Crippen LogP contribution in [0, 0.1) is 0 Å². The maximum absolute atomic E-state index is 9.80. The highest BCUT2D eigenvalue weighted by Gasteiger charge is 2.20. The fourth-order valence-electron chi connectivity index (χ4n) is 3.06. The molecule has 1 aliphatic heterocycles. The number of ether oxygens (including phenoxy) is 1. The number of aliphatic hydroxyl groups excluding tert-OH is 1. The number of hydrogen-bond acceptors (Lipinski definition) is 5. The van der Waals surface area contributed by atoms with E-state index in [-0.39, 0.29) is 6.61 Å². The van der Waals surface area contributed by atoms with Crippen molar-refractivity contribution in [3.63, 3.8) is 0 Å². The first-order valence-corrected chi connectivity index (χ1v) is 8.65. The second-order valence-corrected chi connectivity index (χ2v) is 6.87. The minimum absolute atomic E-state index is 0.143. The van der Waals surface area contributed by atoms with Crippen molar-refractivity contribution in [2.24, 2.45) is 0 Å². The zero-order chi connectivity index (χ0) is 17.3. The Bertz CT molecular complexity index is 741. The summed E-state index contributed by atoms with van der Waals surface area (Å²) < 4.78 is 5.34. The SMILES string of the molecule is COc1cc2c(CN3CCN(C)CC3)c(CO)c(Cl)nc2cc1Cl. The summed E-state index contributed by atoms with van der Waals surface area (Å²) in [5, 5.41) is 11.5. The second kappa shape index (κ2) is 7.42. The lowest BCUT2D eigenvalue weighted by Crippen LogP contribution is -2.44. The van der Waals surface area contributed by atoms with E-state index < -0.39 is 0 Å². The van der Waals surface area contributed by atoms with Crippen LogP contribution < -0.4 is 4.74 Å². The number of fused-ring (bicyclic) bond motifs is 1. The van der Waals surface area contributed by atoms with E-state index in [0.29, 0.717) is 33.6 Å². The lowest BCUT2D eigenvalue weighted by Gasteiger charge is -2.33. The molecule has 0 unspecified atom stereocenters. The Morgan fingerprint density at radius 2 is 1.88 bits per heavy atom. The highest BCUT2D eigenvalue weighted by Crippen LogP contribution is 2.34. The number of aliphatic hydroxyl groups is 1. The number of hydrogen-bond donors (Lipinski definition) is 1. The van der Waals surface area contributed by atoms with Gasteiger partial charge < -0.3 is 14.7 Å². The van der Waals surface area contributed by atoms with E-state index in [4.69, 9.17) is 27.9 Å². The van der Waals surface area contributed by atoms with Gasteiger partial charge in [-0.3, -0.25) is 4.90 Å². The van der Waals surface area contributed by atoms with Crippen LogP contribution in [-0.2, 0) is 13.2 Å². The Morgan fingerprint density at radius 1 is 1.17 bits per heavy atom. The van der Waals surface area contributed by atoms with Crippen molar-refractivity contribution < 1.29 is 9.84 Å². The van der Waals surface area contributed by atoms with Crippen LogP contribution in [0.3, 0.4) is 0 Å². The van der Waals surface area contributed by atoms with E-state index in [1.54, 1.807) is 13.2 Å². The van der Waals surface area contributed by atoms with Gasteiger partial charge in [0.05, 0.1) is 24.3 Å². The summed E-state index contributed by atoms with van der Waals surface area (Å²) in [4.78, 5) is 9.06. The molecular formula is C17H21Cl2N3O2. The van der Waals surface area contributed by atoms with Gasteiger partial charge in [0.15, 0.2) is 0 Å². The minimum atomic E-state index is -0.143. The molecule has 5 nitrogen and oxygen atoms in total. The topological polar surface area (TPSA) is 48.8 Å². The summed E-state index contributed by atoms with van der Waals surface area (Å²) in [6, 6.07) is 3.64. The number of benzene rings is 1. The Balaban J connectivity index is 2.08. The van der Waals surface area contributed by atoms with Gasteiger partial charge in [0.1, 0.15) is 10.9 Å². The van der Waals surface area contributed by atoms with Gasteiger partial charge in [0.25, 0.3) is 0 Å². The van der Waals surface area contributed by atoms with Crippen LogP contribution in [-0.4, -0.2) is 60.2 Å². The average Bonchev–Trinajstić information content (AvgIpc) is 2.56. The Labute approximate surface area is 151 Å². The molecule has 1 N–H and O–H groups in total. The van der Waals surface area contributed by atoms with Crippen LogP contribution in [0.1, 0.15) is 11.1 Å². The summed E-state index contributed by atoms with van der Waals surface area (Å²) in [6.45, 7) is 4.59. The molecule has 0 amide bonds. The minimum Gasteiger partial charge on any atom is -0.495 e. The van der Waals surface area contributed by atoms with Crippen molar-refractivity contribution in [2.45, 2.75) is 13.2 Å². The average molecular weight is 370 g/mol. The first-order valence-electron chi connectivity index (χ1n) is 7.89. The molecule has 0 bridgehead atoms. The molecule has 1 saturated heterocycles. The number of rotatable bonds is 4. The predicted molar refractivity (Wildman–Crippen MR) is 97.0 cm³/mol. The van der Waals surface area contributed by atoms with Crippen LogP contribution in [0.4, 0.5) is 0 Å². The molecule has 2 aromatic rings. The van der Waals surface area contributed by atoms with E-state index in [2.05, 4.69) is 21.8 Å². The van der Waals surface area contributed by atoms with Crippen molar-refractivity contribution in [3.8, 4) is 5.75 Å².